The van der Waals surface area contributed by atoms with Gasteiger partial charge in [0.2, 0.25) is 0 Å². The number of allylic oxidation sites excluding steroid dienone is 4. The molecule has 6 heteroatoms. The Labute approximate surface area is 215 Å². The topological polar surface area (TPSA) is 72.2 Å². The molecule has 0 saturated heterocycles. The summed E-state index contributed by atoms with van der Waals surface area (Å²) in [5, 5.41) is 15.4. The zero-order valence-corrected chi connectivity index (χ0v) is 20.8. The fourth-order valence-corrected chi connectivity index (χ4v) is 5.08. The van der Waals surface area contributed by atoms with Crippen LogP contribution in [-0.2, 0) is 4.79 Å². The molecule has 0 saturated carbocycles. The first-order chi connectivity index (χ1) is 17.2. The summed E-state index contributed by atoms with van der Waals surface area (Å²) in [7, 11) is 0. The number of rotatable bonds is 4. The van der Waals surface area contributed by atoms with Crippen molar-refractivity contribution in [2.45, 2.75) is 26.2 Å². The largest absolute Gasteiger partial charge is 0.358 e. The molecule has 0 radical (unpaired) electrons. The molecule has 0 fully saturated rings. The molecule has 5 rings (SSSR count). The summed E-state index contributed by atoms with van der Waals surface area (Å²) in [6.07, 6.45) is 4.66. The van der Waals surface area contributed by atoms with Gasteiger partial charge in [-0.3, -0.25) is 14.9 Å². The first-order valence-electron chi connectivity index (χ1n) is 11.8. The van der Waals surface area contributed by atoms with Gasteiger partial charge in [-0.1, -0.05) is 80.0 Å². The first-order valence-corrected chi connectivity index (χ1v) is 12.1. The van der Waals surface area contributed by atoms with Crippen LogP contribution in [0.2, 0.25) is 5.02 Å². The minimum atomic E-state index is -0.416. The highest BCUT2D eigenvalue weighted by Crippen LogP contribution is 2.48. The predicted molar refractivity (Wildman–Crippen MR) is 143 cm³/mol. The zero-order valence-electron chi connectivity index (χ0n) is 20.0. The Bertz CT molecular complexity index is 1430. The van der Waals surface area contributed by atoms with Crippen molar-refractivity contribution in [1.82, 2.24) is 5.32 Å². The van der Waals surface area contributed by atoms with E-state index in [0.29, 0.717) is 17.0 Å². The van der Waals surface area contributed by atoms with E-state index in [1.54, 1.807) is 12.1 Å². The second-order valence-corrected chi connectivity index (χ2v) is 10.2. The molecule has 0 aromatic heterocycles. The van der Waals surface area contributed by atoms with Crippen LogP contribution in [0, 0.1) is 15.5 Å². The number of nitro groups is 1. The van der Waals surface area contributed by atoms with Crippen molar-refractivity contribution in [2.24, 2.45) is 5.41 Å². The fraction of sp³-hybridized carbons (Fsp3) is 0.167. The Morgan fingerprint density at radius 2 is 1.67 bits per heavy atom. The SMILES string of the molecule is CC1(C)CC2=C(C(=O)/C1=C\c1ccccc1)C(c1ccc([N+](=O)[O-])cc1)C=C(c1ccc(Cl)cc1)N2. The van der Waals surface area contributed by atoms with E-state index in [-0.39, 0.29) is 22.8 Å². The number of hydrogen-bond acceptors (Lipinski definition) is 4. The van der Waals surface area contributed by atoms with Crippen LogP contribution in [0.4, 0.5) is 5.69 Å². The number of nitrogens with zero attached hydrogens (tertiary/aromatic N) is 1. The van der Waals surface area contributed by atoms with E-state index in [2.05, 4.69) is 19.2 Å². The minimum absolute atomic E-state index is 0.00707. The van der Waals surface area contributed by atoms with E-state index in [4.69, 9.17) is 11.6 Å². The van der Waals surface area contributed by atoms with Crippen LogP contribution in [-0.4, -0.2) is 10.7 Å². The van der Waals surface area contributed by atoms with Gasteiger partial charge in [0.25, 0.3) is 5.69 Å². The predicted octanol–water partition coefficient (Wildman–Crippen LogP) is 7.31. The van der Waals surface area contributed by atoms with E-state index >= 15 is 0 Å². The third-order valence-electron chi connectivity index (χ3n) is 6.82. The second-order valence-electron chi connectivity index (χ2n) is 9.79. The number of Topliss-reactive ketones (excluding diaryl/α,β-unsaturated/α-hetero) is 1. The van der Waals surface area contributed by atoms with E-state index in [1.807, 2.05) is 66.7 Å². The number of ketones is 1. The summed E-state index contributed by atoms with van der Waals surface area (Å²) in [6, 6.07) is 23.9. The van der Waals surface area contributed by atoms with Crippen molar-refractivity contribution >= 4 is 34.8 Å². The maximum absolute atomic E-state index is 14.1. The highest BCUT2D eigenvalue weighted by molar-refractivity contribution is 6.30. The molecule has 1 heterocycles. The average Bonchev–Trinajstić information content (AvgIpc) is 2.86. The van der Waals surface area contributed by atoms with E-state index in [0.717, 1.165) is 33.7 Å². The molecule has 1 aliphatic heterocycles. The maximum atomic E-state index is 14.1. The molecule has 3 aromatic carbocycles. The fourth-order valence-electron chi connectivity index (χ4n) is 4.96. The first kappa shape index (κ1) is 23.8. The van der Waals surface area contributed by atoms with Crippen LogP contribution >= 0.6 is 11.6 Å². The molecule has 1 unspecified atom stereocenters. The summed E-state index contributed by atoms with van der Waals surface area (Å²) in [5.74, 6) is -0.358. The molecule has 0 amide bonds. The Morgan fingerprint density at radius 3 is 2.31 bits per heavy atom. The van der Waals surface area contributed by atoms with Gasteiger partial charge in [-0.05, 0) is 52.8 Å². The van der Waals surface area contributed by atoms with Crippen molar-refractivity contribution in [3.05, 3.63) is 134 Å². The van der Waals surface area contributed by atoms with Gasteiger partial charge >= 0.3 is 0 Å². The lowest BCUT2D eigenvalue weighted by Crippen LogP contribution is -2.37. The Hall–Kier alpha value is -3.96. The molecule has 1 N–H and O–H groups in total. The Balaban J connectivity index is 1.64. The molecule has 1 atom stereocenters. The number of carbonyl (C=O) groups excluding carboxylic acids is 1. The maximum Gasteiger partial charge on any atom is 0.269 e. The standard InChI is InChI=1S/C30H25ClN2O3/c1-30(2)18-27-28(29(34)25(30)16-19-6-4-3-5-7-19)24(20-10-14-23(15-11-20)33(35)36)17-26(32-27)21-8-12-22(31)13-9-21/h3-17,24,32H,18H2,1-2H3/b25-16+. The van der Waals surface area contributed by atoms with Crippen molar-refractivity contribution in [1.29, 1.82) is 0 Å². The number of non-ortho nitro benzene ring substituents is 1. The highest BCUT2D eigenvalue weighted by Gasteiger charge is 2.42. The van der Waals surface area contributed by atoms with Gasteiger partial charge in [0.15, 0.2) is 5.78 Å². The quantitative estimate of drug-likeness (QED) is 0.233. The van der Waals surface area contributed by atoms with Gasteiger partial charge in [-0.2, -0.15) is 0 Å². The average molecular weight is 497 g/mol. The summed E-state index contributed by atoms with van der Waals surface area (Å²) in [5.41, 5.74) is 5.59. The number of dihydropyridines is 1. The lowest BCUT2D eigenvalue weighted by atomic mass is 9.67. The van der Waals surface area contributed by atoms with Gasteiger partial charge in [0.05, 0.1) is 4.92 Å². The van der Waals surface area contributed by atoms with Crippen LogP contribution in [0.1, 0.15) is 42.9 Å². The van der Waals surface area contributed by atoms with E-state index in [9.17, 15) is 14.9 Å². The second kappa shape index (κ2) is 9.25. The molecule has 0 spiro atoms. The minimum Gasteiger partial charge on any atom is -0.358 e. The molecule has 1 aliphatic carbocycles. The summed E-state index contributed by atoms with van der Waals surface area (Å²) in [6.45, 7) is 4.18. The number of carbonyl (C=O) groups is 1. The summed E-state index contributed by atoms with van der Waals surface area (Å²) >= 11 is 6.11. The van der Waals surface area contributed by atoms with Crippen molar-refractivity contribution in [3.8, 4) is 0 Å². The molecule has 0 bridgehead atoms. The normalized spacial score (nSPS) is 20.0. The Kier molecular flexibility index (Phi) is 6.10. The smallest absolute Gasteiger partial charge is 0.269 e. The Morgan fingerprint density at radius 1 is 1.00 bits per heavy atom. The van der Waals surface area contributed by atoms with E-state index < -0.39 is 4.92 Å². The van der Waals surface area contributed by atoms with Gasteiger partial charge in [0.1, 0.15) is 0 Å². The summed E-state index contributed by atoms with van der Waals surface area (Å²) < 4.78 is 0. The lowest BCUT2D eigenvalue weighted by molar-refractivity contribution is -0.384. The third-order valence-corrected chi connectivity index (χ3v) is 7.07. The van der Waals surface area contributed by atoms with Gasteiger partial charge in [-0.15, -0.1) is 0 Å². The molecular formula is C30H25ClN2O3. The molecule has 36 heavy (non-hydrogen) atoms. The van der Waals surface area contributed by atoms with Crippen LogP contribution in [0.25, 0.3) is 11.8 Å². The van der Waals surface area contributed by atoms with E-state index in [1.165, 1.54) is 12.1 Å². The molecule has 5 nitrogen and oxygen atoms in total. The number of halogens is 1. The number of nitro benzene ring substituents is 1. The third kappa shape index (κ3) is 4.50. The molecule has 180 valence electrons. The molecular weight excluding hydrogens is 472 g/mol. The van der Waals surface area contributed by atoms with Gasteiger partial charge in [-0.25, -0.2) is 0 Å². The van der Waals surface area contributed by atoms with Crippen LogP contribution in [0.3, 0.4) is 0 Å². The number of benzene rings is 3. The van der Waals surface area contributed by atoms with Gasteiger partial charge < -0.3 is 5.32 Å². The zero-order chi connectivity index (χ0) is 25.4. The van der Waals surface area contributed by atoms with Crippen molar-refractivity contribution in [3.63, 3.8) is 0 Å². The van der Waals surface area contributed by atoms with Crippen LogP contribution < -0.4 is 5.32 Å². The lowest BCUT2D eigenvalue weighted by Gasteiger charge is -2.40. The highest BCUT2D eigenvalue weighted by atomic mass is 35.5. The van der Waals surface area contributed by atoms with Crippen molar-refractivity contribution in [2.75, 3.05) is 0 Å². The number of hydrogen-bond donors (Lipinski definition) is 1. The molecule has 3 aromatic rings. The number of nitrogens with one attached hydrogen (secondary N) is 1. The van der Waals surface area contributed by atoms with Gasteiger partial charge in [0, 0.05) is 45.6 Å². The van der Waals surface area contributed by atoms with Crippen molar-refractivity contribution < 1.29 is 9.72 Å². The monoisotopic (exact) mass is 496 g/mol. The van der Waals surface area contributed by atoms with Crippen LogP contribution in [0.15, 0.2) is 102 Å². The molecule has 2 aliphatic rings. The summed E-state index contributed by atoms with van der Waals surface area (Å²) in [4.78, 5) is 24.9. The van der Waals surface area contributed by atoms with Crippen LogP contribution in [0.5, 0.6) is 0 Å².